The lowest BCUT2D eigenvalue weighted by Gasteiger charge is -2.18. The van der Waals surface area contributed by atoms with E-state index < -0.39 is 17.6 Å². The number of carbonyl (C=O) groups excluding carboxylic acids is 2. The summed E-state index contributed by atoms with van der Waals surface area (Å²) in [4.78, 5) is 30.0. The van der Waals surface area contributed by atoms with E-state index in [1.165, 1.54) is 24.3 Å². The van der Waals surface area contributed by atoms with Crippen LogP contribution in [0.1, 0.15) is 16.7 Å². The van der Waals surface area contributed by atoms with Crippen molar-refractivity contribution >= 4 is 34.4 Å². The third kappa shape index (κ3) is 3.99. The smallest absolute Gasteiger partial charge is 0.282 e. The molecule has 0 aliphatic carbocycles. The SMILES string of the molecule is Cc1cc(C)cc(NC2=C(c3ccc(F)cc3)C(=O)N(c3ccc(N(C)C)cc3)C2=O)c1. The van der Waals surface area contributed by atoms with E-state index in [4.69, 9.17) is 0 Å². The first-order valence-corrected chi connectivity index (χ1v) is 10.3. The van der Waals surface area contributed by atoms with Gasteiger partial charge in [0.2, 0.25) is 0 Å². The molecule has 4 rings (SSSR count). The molecule has 1 heterocycles. The Labute approximate surface area is 186 Å². The number of amides is 2. The van der Waals surface area contributed by atoms with Crippen LogP contribution >= 0.6 is 0 Å². The number of aryl methyl sites for hydroxylation is 2. The van der Waals surface area contributed by atoms with Gasteiger partial charge in [-0.1, -0.05) is 18.2 Å². The lowest BCUT2D eigenvalue weighted by molar-refractivity contribution is -0.120. The fraction of sp³-hybridized carbons (Fsp3) is 0.154. The van der Waals surface area contributed by atoms with E-state index in [2.05, 4.69) is 5.32 Å². The summed E-state index contributed by atoms with van der Waals surface area (Å²) >= 11 is 0. The number of halogens is 1. The molecular formula is C26H24FN3O2. The molecule has 162 valence electrons. The molecule has 0 aromatic heterocycles. The predicted molar refractivity (Wildman–Crippen MR) is 126 cm³/mol. The van der Waals surface area contributed by atoms with Crippen molar-refractivity contribution in [3.63, 3.8) is 0 Å². The van der Waals surface area contributed by atoms with Crippen LogP contribution in [0, 0.1) is 19.7 Å². The summed E-state index contributed by atoms with van der Waals surface area (Å²) in [5.41, 5.74) is 5.06. The maximum Gasteiger partial charge on any atom is 0.282 e. The molecule has 6 heteroatoms. The monoisotopic (exact) mass is 429 g/mol. The van der Waals surface area contributed by atoms with Gasteiger partial charge in [0.05, 0.1) is 11.3 Å². The van der Waals surface area contributed by atoms with Crippen molar-refractivity contribution in [2.75, 3.05) is 29.2 Å². The number of nitrogens with one attached hydrogen (secondary N) is 1. The number of carbonyl (C=O) groups is 2. The summed E-state index contributed by atoms with van der Waals surface area (Å²) in [5, 5.41) is 3.16. The third-order valence-electron chi connectivity index (χ3n) is 5.33. The highest BCUT2D eigenvalue weighted by Gasteiger charge is 2.40. The molecule has 0 saturated carbocycles. The van der Waals surface area contributed by atoms with E-state index in [1.807, 2.05) is 63.2 Å². The minimum absolute atomic E-state index is 0.170. The zero-order chi connectivity index (χ0) is 23.0. The van der Waals surface area contributed by atoms with Gasteiger partial charge in [-0.05, 0) is 79.1 Å². The van der Waals surface area contributed by atoms with Crippen LogP contribution in [0.5, 0.6) is 0 Å². The number of rotatable bonds is 5. The summed E-state index contributed by atoms with van der Waals surface area (Å²) in [7, 11) is 3.84. The van der Waals surface area contributed by atoms with Gasteiger partial charge in [0.15, 0.2) is 0 Å². The zero-order valence-electron chi connectivity index (χ0n) is 18.4. The molecule has 5 nitrogen and oxygen atoms in total. The Kier molecular flexibility index (Phi) is 5.53. The average molecular weight is 429 g/mol. The Morgan fingerprint density at radius 1 is 0.812 bits per heavy atom. The van der Waals surface area contributed by atoms with Crippen molar-refractivity contribution in [1.29, 1.82) is 0 Å². The van der Waals surface area contributed by atoms with E-state index in [9.17, 15) is 14.0 Å². The van der Waals surface area contributed by atoms with Gasteiger partial charge in [-0.15, -0.1) is 0 Å². The summed E-state index contributed by atoms with van der Waals surface area (Å²) in [6, 6.07) is 18.6. The van der Waals surface area contributed by atoms with Crippen LogP contribution in [0.4, 0.5) is 21.5 Å². The second kappa shape index (κ2) is 8.30. The highest BCUT2D eigenvalue weighted by Crippen LogP contribution is 2.34. The Morgan fingerprint density at radius 2 is 1.41 bits per heavy atom. The number of hydrogen-bond acceptors (Lipinski definition) is 4. The highest BCUT2D eigenvalue weighted by molar-refractivity contribution is 6.46. The number of hydrogen-bond donors (Lipinski definition) is 1. The van der Waals surface area contributed by atoms with Gasteiger partial charge in [0.1, 0.15) is 11.5 Å². The molecule has 2 amide bonds. The zero-order valence-corrected chi connectivity index (χ0v) is 18.4. The predicted octanol–water partition coefficient (Wildman–Crippen LogP) is 4.91. The molecule has 3 aromatic rings. The number of benzene rings is 3. The average Bonchev–Trinajstić information content (AvgIpc) is 2.97. The summed E-state index contributed by atoms with van der Waals surface area (Å²) < 4.78 is 13.5. The number of anilines is 3. The largest absolute Gasteiger partial charge is 0.378 e. The van der Waals surface area contributed by atoms with Gasteiger partial charge in [-0.25, -0.2) is 9.29 Å². The molecule has 0 spiro atoms. The first kappa shape index (κ1) is 21.3. The van der Waals surface area contributed by atoms with Crippen LogP contribution < -0.4 is 15.1 Å². The molecule has 0 bridgehead atoms. The van der Waals surface area contributed by atoms with E-state index in [-0.39, 0.29) is 11.3 Å². The van der Waals surface area contributed by atoms with E-state index in [0.29, 0.717) is 16.9 Å². The van der Waals surface area contributed by atoms with Crippen molar-refractivity contribution in [1.82, 2.24) is 0 Å². The molecule has 3 aromatic carbocycles. The van der Waals surface area contributed by atoms with Crippen molar-refractivity contribution in [3.8, 4) is 0 Å². The first-order valence-electron chi connectivity index (χ1n) is 10.3. The standard InChI is InChI=1S/C26H24FN3O2/c1-16-13-17(2)15-20(14-16)28-24-23(18-5-7-19(27)8-6-18)25(31)30(26(24)32)22-11-9-21(10-12-22)29(3)4/h5-15,28H,1-4H3. The lowest BCUT2D eigenvalue weighted by atomic mass is 10.0. The van der Waals surface area contributed by atoms with Crippen LogP contribution in [-0.4, -0.2) is 25.9 Å². The van der Waals surface area contributed by atoms with E-state index in [0.717, 1.165) is 21.7 Å². The number of nitrogens with zero attached hydrogens (tertiary/aromatic N) is 2. The van der Waals surface area contributed by atoms with Crippen LogP contribution in [-0.2, 0) is 9.59 Å². The Bertz CT molecular complexity index is 1210. The van der Waals surface area contributed by atoms with Crippen LogP contribution in [0.3, 0.4) is 0 Å². The van der Waals surface area contributed by atoms with Gasteiger partial charge < -0.3 is 10.2 Å². The van der Waals surface area contributed by atoms with Gasteiger partial charge in [0, 0.05) is 25.5 Å². The molecule has 0 fully saturated rings. The van der Waals surface area contributed by atoms with Crippen LogP contribution in [0.25, 0.3) is 5.57 Å². The Morgan fingerprint density at radius 3 is 1.97 bits per heavy atom. The van der Waals surface area contributed by atoms with Crippen molar-refractivity contribution in [3.05, 3.63) is 94.9 Å². The maximum absolute atomic E-state index is 13.5. The molecule has 0 unspecified atom stereocenters. The molecule has 32 heavy (non-hydrogen) atoms. The van der Waals surface area contributed by atoms with Gasteiger partial charge in [0.25, 0.3) is 11.8 Å². The summed E-state index contributed by atoms with van der Waals surface area (Å²) in [6.07, 6.45) is 0. The molecule has 1 aliphatic rings. The van der Waals surface area contributed by atoms with Gasteiger partial charge >= 0.3 is 0 Å². The lowest BCUT2D eigenvalue weighted by Crippen LogP contribution is -2.32. The van der Waals surface area contributed by atoms with Gasteiger partial charge in [-0.3, -0.25) is 9.59 Å². The third-order valence-corrected chi connectivity index (χ3v) is 5.33. The van der Waals surface area contributed by atoms with E-state index in [1.54, 1.807) is 12.1 Å². The molecule has 1 aliphatic heterocycles. The van der Waals surface area contributed by atoms with Gasteiger partial charge in [-0.2, -0.15) is 0 Å². The van der Waals surface area contributed by atoms with Crippen molar-refractivity contribution in [2.45, 2.75) is 13.8 Å². The summed E-state index contributed by atoms with van der Waals surface area (Å²) in [6.45, 7) is 3.93. The molecule has 0 radical (unpaired) electrons. The minimum Gasteiger partial charge on any atom is -0.378 e. The summed E-state index contributed by atoms with van der Waals surface area (Å²) in [5.74, 6) is -1.32. The second-order valence-electron chi connectivity index (χ2n) is 8.11. The number of imide groups is 1. The highest BCUT2D eigenvalue weighted by atomic mass is 19.1. The van der Waals surface area contributed by atoms with Crippen LogP contribution in [0.2, 0.25) is 0 Å². The van der Waals surface area contributed by atoms with Crippen LogP contribution in [0.15, 0.2) is 72.4 Å². The molecular weight excluding hydrogens is 405 g/mol. The van der Waals surface area contributed by atoms with Crippen molar-refractivity contribution < 1.29 is 14.0 Å². The topological polar surface area (TPSA) is 52.7 Å². The first-order chi connectivity index (χ1) is 15.2. The maximum atomic E-state index is 13.5. The Balaban J connectivity index is 1.80. The molecule has 0 saturated heterocycles. The second-order valence-corrected chi connectivity index (χ2v) is 8.11. The Hall–Kier alpha value is -3.93. The fourth-order valence-corrected chi connectivity index (χ4v) is 3.86. The molecule has 1 N–H and O–H groups in total. The molecule has 0 atom stereocenters. The minimum atomic E-state index is -0.453. The quantitative estimate of drug-likeness (QED) is 0.586. The fourth-order valence-electron chi connectivity index (χ4n) is 3.86. The van der Waals surface area contributed by atoms with Crippen molar-refractivity contribution in [2.24, 2.45) is 0 Å². The normalized spacial score (nSPS) is 13.7. The van der Waals surface area contributed by atoms with E-state index >= 15 is 0 Å².